The van der Waals surface area contributed by atoms with Gasteiger partial charge in [-0.15, -0.1) is 0 Å². The molecule has 0 fully saturated rings. The zero-order valence-corrected chi connectivity index (χ0v) is 12.0. The maximum absolute atomic E-state index is 9.16. The Bertz CT molecular complexity index is 628. The van der Waals surface area contributed by atoms with Crippen LogP contribution in [-0.2, 0) is 5.41 Å². The first kappa shape index (κ1) is 13.4. The molecular weight excluding hydrogens is 230 g/mol. The van der Waals surface area contributed by atoms with E-state index in [0.29, 0.717) is 0 Å². The minimum Gasteiger partial charge on any atom is -0.197 e. The molecule has 0 spiro atoms. The van der Waals surface area contributed by atoms with Crippen molar-refractivity contribution in [2.75, 3.05) is 0 Å². The third-order valence-electron chi connectivity index (χ3n) is 3.59. The van der Waals surface area contributed by atoms with Crippen molar-refractivity contribution >= 4 is 0 Å². The molecule has 1 nitrogen and oxygen atoms in total. The van der Waals surface area contributed by atoms with Gasteiger partial charge in [-0.1, -0.05) is 48.0 Å². The third kappa shape index (κ3) is 2.69. The molecule has 19 heavy (non-hydrogen) atoms. The molecule has 0 aliphatic carbocycles. The van der Waals surface area contributed by atoms with Crippen LogP contribution in [0, 0.1) is 25.2 Å². The highest BCUT2D eigenvalue weighted by atomic mass is 14.3. The van der Waals surface area contributed by atoms with E-state index in [4.69, 9.17) is 5.26 Å². The highest BCUT2D eigenvalue weighted by Gasteiger charge is 2.19. The number of nitrogens with zero attached hydrogens (tertiary/aromatic N) is 1. The lowest BCUT2D eigenvalue weighted by Crippen LogP contribution is -2.13. The van der Waals surface area contributed by atoms with Gasteiger partial charge in [-0.25, -0.2) is 0 Å². The number of hydrogen-bond donors (Lipinski definition) is 0. The number of benzene rings is 2. The van der Waals surface area contributed by atoms with Crippen LogP contribution in [0.4, 0.5) is 0 Å². The fourth-order valence-corrected chi connectivity index (χ4v) is 2.18. The van der Waals surface area contributed by atoms with Crippen molar-refractivity contribution in [1.82, 2.24) is 0 Å². The summed E-state index contributed by atoms with van der Waals surface area (Å²) in [7, 11) is 0. The van der Waals surface area contributed by atoms with Gasteiger partial charge >= 0.3 is 0 Å². The maximum atomic E-state index is 9.16. The molecule has 0 saturated carbocycles. The van der Waals surface area contributed by atoms with Crippen LogP contribution in [0.25, 0.3) is 11.1 Å². The summed E-state index contributed by atoms with van der Waals surface area (Å²) in [5.41, 5.74) is 5.64. The molecule has 0 aromatic heterocycles. The SMILES string of the molecule is Cc1ccc(C)c(-c2ccc(C(C)(C)C#N)cc2)c1. The number of rotatable bonds is 2. The fourth-order valence-electron chi connectivity index (χ4n) is 2.18. The van der Waals surface area contributed by atoms with Crippen LogP contribution in [0.1, 0.15) is 30.5 Å². The zero-order valence-electron chi connectivity index (χ0n) is 12.0. The summed E-state index contributed by atoms with van der Waals surface area (Å²) >= 11 is 0. The first-order valence-electron chi connectivity index (χ1n) is 6.53. The lowest BCUT2D eigenvalue weighted by atomic mass is 9.85. The Morgan fingerprint density at radius 1 is 0.947 bits per heavy atom. The topological polar surface area (TPSA) is 23.8 Å². The summed E-state index contributed by atoms with van der Waals surface area (Å²) in [4.78, 5) is 0. The average Bonchev–Trinajstić information content (AvgIpc) is 2.42. The second-order valence-electron chi connectivity index (χ2n) is 5.63. The van der Waals surface area contributed by atoms with Crippen molar-refractivity contribution in [3.8, 4) is 17.2 Å². The van der Waals surface area contributed by atoms with Gasteiger partial charge in [0.2, 0.25) is 0 Å². The van der Waals surface area contributed by atoms with Crippen molar-refractivity contribution in [1.29, 1.82) is 5.26 Å². The maximum Gasteiger partial charge on any atom is 0.0766 e. The van der Waals surface area contributed by atoms with Crippen LogP contribution in [0.3, 0.4) is 0 Å². The van der Waals surface area contributed by atoms with Crippen molar-refractivity contribution in [2.45, 2.75) is 33.1 Å². The van der Waals surface area contributed by atoms with Crippen LogP contribution in [0.15, 0.2) is 42.5 Å². The molecule has 0 radical (unpaired) electrons. The van der Waals surface area contributed by atoms with Gasteiger partial charge in [0.1, 0.15) is 0 Å². The van der Waals surface area contributed by atoms with Gasteiger partial charge in [-0.3, -0.25) is 0 Å². The van der Waals surface area contributed by atoms with Crippen molar-refractivity contribution in [3.05, 3.63) is 59.2 Å². The zero-order chi connectivity index (χ0) is 14.0. The van der Waals surface area contributed by atoms with E-state index in [9.17, 15) is 0 Å². The summed E-state index contributed by atoms with van der Waals surface area (Å²) in [6.45, 7) is 8.12. The van der Waals surface area contributed by atoms with Crippen LogP contribution in [0.2, 0.25) is 0 Å². The number of aryl methyl sites for hydroxylation is 2. The van der Waals surface area contributed by atoms with E-state index in [1.165, 1.54) is 22.3 Å². The molecule has 0 saturated heterocycles. The minimum atomic E-state index is -0.430. The molecule has 0 amide bonds. The van der Waals surface area contributed by atoms with Crippen molar-refractivity contribution in [3.63, 3.8) is 0 Å². The number of nitriles is 1. The van der Waals surface area contributed by atoms with Gasteiger partial charge in [0.05, 0.1) is 11.5 Å². The largest absolute Gasteiger partial charge is 0.197 e. The molecule has 96 valence electrons. The highest BCUT2D eigenvalue weighted by Crippen LogP contribution is 2.28. The summed E-state index contributed by atoms with van der Waals surface area (Å²) in [5.74, 6) is 0. The standard InChI is InChI=1S/C18H19N/c1-13-5-6-14(2)17(11-13)15-7-9-16(10-8-15)18(3,4)12-19/h5-11H,1-4H3. The van der Waals surface area contributed by atoms with Crippen molar-refractivity contribution in [2.24, 2.45) is 0 Å². The van der Waals surface area contributed by atoms with Gasteiger partial charge in [0.15, 0.2) is 0 Å². The first-order chi connectivity index (χ1) is 8.94. The second-order valence-corrected chi connectivity index (χ2v) is 5.63. The lowest BCUT2D eigenvalue weighted by molar-refractivity contribution is 0.687. The highest BCUT2D eigenvalue weighted by molar-refractivity contribution is 5.68. The van der Waals surface area contributed by atoms with E-state index >= 15 is 0 Å². The van der Waals surface area contributed by atoms with Crippen molar-refractivity contribution < 1.29 is 0 Å². The molecule has 2 rings (SSSR count). The first-order valence-corrected chi connectivity index (χ1v) is 6.53. The van der Waals surface area contributed by atoms with Gasteiger partial charge in [-0.05, 0) is 49.9 Å². The Morgan fingerprint density at radius 2 is 1.58 bits per heavy atom. The Labute approximate surface area is 115 Å². The minimum absolute atomic E-state index is 0.430. The predicted molar refractivity (Wildman–Crippen MR) is 80.0 cm³/mol. The molecule has 1 heteroatoms. The van der Waals surface area contributed by atoms with Crippen LogP contribution in [0.5, 0.6) is 0 Å². The summed E-state index contributed by atoms with van der Waals surface area (Å²) in [6, 6.07) is 17.2. The number of hydrogen-bond acceptors (Lipinski definition) is 1. The van der Waals surface area contributed by atoms with E-state index in [0.717, 1.165) is 5.56 Å². The quantitative estimate of drug-likeness (QED) is 0.752. The van der Waals surface area contributed by atoms with Crippen LogP contribution >= 0.6 is 0 Å². The molecule has 0 aliphatic rings. The van der Waals surface area contributed by atoms with Crippen LogP contribution in [-0.4, -0.2) is 0 Å². The molecule has 0 aliphatic heterocycles. The fraction of sp³-hybridized carbons (Fsp3) is 0.278. The molecular formula is C18H19N. The molecule has 2 aromatic rings. The molecule has 0 atom stereocenters. The van der Waals surface area contributed by atoms with Gasteiger partial charge in [0, 0.05) is 0 Å². The molecule has 0 unspecified atom stereocenters. The van der Waals surface area contributed by atoms with Gasteiger partial charge in [0.25, 0.3) is 0 Å². The third-order valence-corrected chi connectivity index (χ3v) is 3.59. The average molecular weight is 249 g/mol. The smallest absolute Gasteiger partial charge is 0.0766 e. The Hall–Kier alpha value is -2.07. The van der Waals surface area contributed by atoms with Gasteiger partial charge < -0.3 is 0 Å². The lowest BCUT2D eigenvalue weighted by Gasteiger charge is -2.16. The Morgan fingerprint density at radius 3 is 2.16 bits per heavy atom. The van der Waals surface area contributed by atoms with E-state index in [1.807, 2.05) is 13.8 Å². The van der Waals surface area contributed by atoms with E-state index in [1.54, 1.807) is 0 Å². The predicted octanol–water partition coefficient (Wildman–Crippen LogP) is 4.77. The normalized spacial score (nSPS) is 11.1. The Balaban J connectivity index is 2.44. The molecule has 0 heterocycles. The second kappa shape index (κ2) is 4.90. The Kier molecular flexibility index (Phi) is 3.44. The van der Waals surface area contributed by atoms with E-state index < -0.39 is 5.41 Å². The molecule has 2 aromatic carbocycles. The molecule has 0 bridgehead atoms. The summed E-state index contributed by atoms with van der Waals surface area (Å²) < 4.78 is 0. The monoisotopic (exact) mass is 249 g/mol. The van der Waals surface area contributed by atoms with E-state index in [-0.39, 0.29) is 0 Å². The molecule has 0 N–H and O–H groups in total. The summed E-state index contributed by atoms with van der Waals surface area (Å²) in [5, 5.41) is 9.16. The summed E-state index contributed by atoms with van der Waals surface area (Å²) in [6.07, 6.45) is 0. The van der Waals surface area contributed by atoms with E-state index in [2.05, 4.69) is 62.4 Å². The van der Waals surface area contributed by atoms with Crippen LogP contribution < -0.4 is 0 Å². The van der Waals surface area contributed by atoms with Gasteiger partial charge in [-0.2, -0.15) is 5.26 Å².